The van der Waals surface area contributed by atoms with E-state index in [0.717, 1.165) is 0 Å². The lowest BCUT2D eigenvalue weighted by molar-refractivity contribution is -0.127. The molecule has 32 heavy (non-hydrogen) atoms. The van der Waals surface area contributed by atoms with Gasteiger partial charge in [-0.3, -0.25) is 23.6 Å². The van der Waals surface area contributed by atoms with Crippen LogP contribution in [0.1, 0.15) is 13.3 Å². The van der Waals surface area contributed by atoms with Crippen molar-refractivity contribution < 1.29 is 32.3 Å². The molecule has 6 N–H and O–H groups in total. The van der Waals surface area contributed by atoms with E-state index in [2.05, 4.69) is 34.8 Å². The zero-order valence-electron chi connectivity index (χ0n) is 17.3. The van der Waals surface area contributed by atoms with Gasteiger partial charge in [-0.1, -0.05) is 11.8 Å². The molecule has 0 aromatic carbocycles. The number of nitrogens with two attached hydrogens (primary N) is 2. The topological polar surface area (TPSA) is 163 Å². The summed E-state index contributed by atoms with van der Waals surface area (Å²) in [5.41, 5.74) is 11.1. The highest BCUT2D eigenvalue weighted by atomic mass is 32.1. The highest BCUT2D eigenvalue weighted by molar-refractivity contribution is 7.80. The van der Waals surface area contributed by atoms with E-state index in [0.29, 0.717) is 13.0 Å². The molecule has 0 bridgehead atoms. The van der Waals surface area contributed by atoms with Gasteiger partial charge in [0.15, 0.2) is 33.1 Å². The molecular weight excluding hydrogens is 499 g/mol. The molecule has 8 unspecified atom stereocenters. The minimum absolute atomic E-state index is 0.0771. The number of ether oxygens (including phenoxy) is 2. The first kappa shape index (κ1) is 26.4. The molecule has 0 spiro atoms. The summed E-state index contributed by atoms with van der Waals surface area (Å²) in [7, 11) is -1.19. The SMILES string of the molecule is C[C@H](S)OC1C[C@H](N2CC(C#CCN)C3C(=O)NC(N)=NC32)OC1COPOPOPO. The molecule has 0 aromatic heterocycles. The molecule has 2 saturated heterocycles. The molecule has 2 fully saturated rings. The number of aliphatic imine (C=N–C) groups is 1. The predicted octanol–water partition coefficient (Wildman–Crippen LogP) is -0.389. The van der Waals surface area contributed by atoms with Gasteiger partial charge >= 0.3 is 0 Å². The Morgan fingerprint density at radius 2 is 2.28 bits per heavy atom. The van der Waals surface area contributed by atoms with E-state index in [9.17, 15) is 4.79 Å². The monoisotopic (exact) mass is 527 g/mol. The summed E-state index contributed by atoms with van der Waals surface area (Å²) in [5.74, 6) is 5.11. The second-order valence-corrected chi connectivity index (χ2v) is 10.3. The van der Waals surface area contributed by atoms with Gasteiger partial charge in [0.2, 0.25) is 5.91 Å². The average Bonchev–Trinajstić information content (AvgIpc) is 3.29. The van der Waals surface area contributed by atoms with Gasteiger partial charge in [-0.05, 0) is 6.92 Å². The smallest absolute Gasteiger partial charge is 0.234 e. The van der Waals surface area contributed by atoms with Crippen molar-refractivity contribution in [2.75, 3.05) is 19.7 Å². The molecule has 0 aromatic rings. The lowest BCUT2D eigenvalue weighted by Gasteiger charge is -2.31. The maximum Gasteiger partial charge on any atom is 0.234 e. The fraction of sp³-hybridized carbons (Fsp3) is 0.750. The molecule has 3 heterocycles. The number of amides is 1. The Morgan fingerprint density at radius 3 is 3.00 bits per heavy atom. The van der Waals surface area contributed by atoms with Crippen LogP contribution in [0.5, 0.6) is 0 Å². The van der Waals surface area contributed by atoms with Gasteiger partial charge in [-0.15, -0.1) is 12.6 Å². The number of carbonyl (C=O) groups is 1. The molecule has 1 amide bonds. The van der Waals surface area contributed by atoms with Crippen molar-refractivity contribution in [3.8, 4) is 11.8 Å². The van der Waals surface area contributed by atoms with Crippen LogP contribution in [0.25, 0.3) is 0 Å². The van der Waals surface area contributed by atoms with Gasteiger partial charge in [0.25, 0.3) is 0 Å². The Kier molecular flexibility index (Phi) is 10.8. The Labute approximate surface area is 197 Å². The van der Waals surface area contributed by atoms with Crippen LogP contribution < -0.4 is 16.8 Å². The van der Waals surface area contributed by atoms with Gasteiger partial charge in [-0.25, -0.2) is 4.99 Å². The third kappa shape index (κ3) is 6.92. The van der Waals surface area contributed by atoms with Crippen molar-refractivity contribution in [1.29, 1.82) is 0 Å². The molecule has 3 aliphatic heterocycles. The molecule has 16 heteroatoms. The van der Waals surface area contributed by atoms with Gasteiger partial charge in [0.1, 0.15) is 18.5 Å². The third-order valence-corrected chi connectivity index (χ3v) is 6.89. The van der Waals surface area contributed by atoms with Crippen molar-refractivity contribution in [3.63, 3.8) is 0 Å². The van der Waals surface area contributed by atoms with E-state index >= 15 is 0 Å². The van der Waals surface area contributed by atoms with Crippen molar-refractivity contribution in [2.45, 2.75) is 43.4 Å². The fourth-order valence-corrected chi connectivity index (χ4v) is 5.44. The number of hydrogen-bond acceptors (Lipinski definition) is 12. The summed E-state index contributed by atoms with van der Waals surface area (Å²) in [5, 5.41) is 2.59. The van der Waals surface area contributed by atoms with Gasteiger partial charge in [0.05, 0.1) is 30.6 Å². The first-order chi connectivity index (χ1) is 15.4. The summed E-state index contributed by atoms with van der Waals surface area (Å²) in [6.45, 7) is 2.76. The summed E-state index contributed by atoms with van der Waals surface area (Å²) < 4.78 is 27.7. The van der Waals surface area contributed by atoms with E-state index in [-0.39, 0.29) is 72.9 Å². The number of nitrogens with one attached hydrogen (secondary N) is 1. The molecule has 10 atom stereocenters. The van der Waals surface area contributed by atoms with Crippen LogP contribution in [-0.4, -0.2) is 71.4 Å². The Bertz CT molecular complexity index is 743. The van der Waals surface area contributed by atoms with E-state index in [4.69, 9.17) is 39.0 Å². The first-order valence-corrected chi connectivity index (χ1v) is 12.8. The van der Waals surface area contributed by atoms with Crippen LogP contribution in [0.15, 0.2) is 4.99 Å². The summed E-state index contributed by atoms with van der Waals surface area (Å²) >= 11 is 4.34. The first-order valence-electron chi connectivity index (χ1n) is 9.84. The van der Waals surface area contributed by atoms with Crippen LogP contribution in [0.2, 0.25) is 0 Å². The molecule has 3 rings (SSSR count). The quantitative estimate of drug-likeness (QED) is 0.0832. The maximum atomic E-state index is 12.6. The van der Waals surface area contributed by atoms with Gasteiger partial charge < -0.3 is 30.4 Å². The minimum Gasteiger partial charge on any atom is -0.370 e. The Hall–Kier alpha value is -0.180. The second-order valence-electron chi connectivity index (χ2n) is 7.18. The molecular formula is C16H28N5O7P3S. The largest absolute Gasteiger partial charge is 0.370 e. The second kappa shape index (κ2) is 13.1. The zero-order valence-corrected chi connectivity index (χ0v) is 21.2. The number of rotatable bonds is 10. The average molecular weight is 527 g/mol. The fourth-order valence-electron chi connectivity index (χ4n) is 3.99. The van der Waals surface area contributed by atoms with Gasteiger partial charge in [0, 0.05) is 18.9 Å². The molecule has 12 nitrogen and oxygen atoms in total. The number of fused-ring (bicyclic) bond motifs is 1. The van der Waals surface area contributed by atoms with Crippen LogP contribution in [0.3, 0.4) is 0 Å². The highest BCUT2D eigenvalue weighted by Gasteiger charge is 2.52. The molecule has 3 aliphatic rings. The van der Waals surface area contributed by atoms with Crippen LogP contribution >= 0.6 is 39.7 Å². The van der Waals surface area contributed by atoms with Crippen molar-refractivity contribution >= 4 is 51.6 Å². The number of thiol groups is 1. The lowest BCUT2D eigenvalue weighted by atomic mass is 9.93. The molecule has 0 aliphatic carbocycles. The highest BCUT2D eigenvalue weighted by Crippen LogP contribution is 2.39. The summed E-state index contributed by atoms with van der Waals surface area (Å²) in [6, 6.07) is 0. The van der Waals surface area contributed by atoms with E-state index in [1.165, 1.54) is 0 Å². The van der Waals surface area contributed by atoms with Crippen molar-refractivity contribution in [1.82, 2.24) is 10.2 Å². The Morgan fingerprint density at radius 1 is 1.47 bits per heavy atom. The van der Waals surface area contributed by atoms with E-state index < -0.39 is 21.1 Å². The number of guanidine groups is 1. The van der Waals surface area contributed by atoms with Crippen LogP contribution in [-0.2, 0) is 27.4 Å². The molecule has 180 valence electrons. The predicted molar refractivity (Wildman–Crippen MR) is 126 cm³/mol. The summed E-state index contributed by atoms with van der Waals surface area (Å²) in [6.07, 6.45) is -0.966. The number of likely N-dealkylation sites (tertiary alicyclic amines) is 1. The minimum atomic E-state index is -0.626. The summed E-state index contributed by atoms with van der Waals surface area (Å²) in [4.78, 5) is 27.7. The normalized spacial score (nSPS) is 34.4. The number of carbonyl (C=O) groups excluding carboxylic acids is 1. The van der Waals surface area contributed by atoms with Crippen LogP contribution in [0.4, 0.5) is 0 Å². The van der Waals surface area contributed by atoms with Crippen LogP contribution in [0, 0.1) is 23.7 Å². The zero-order chi connectivity index (χ0) is 23.1. The third-order valence-electron chi connectivity index (χ3n) is 5.12. The Balaban J connectivity index is 1.68. The molecule has 0 radical (unpaired) electrons. The van der Waals surface area contributed by atoms with Crippen molar-refractivity contribution in [2.24, 2.45) is 28.3 Å². The standard InChI is InChI=1S/C16H28N5O7P3S/c1-8(32)25-10-5-12(26-11(10)7-24-30-28-31-27-29-23)21-6-9(3-2-4-17)13-14(21)19-16(18)20-15(13)22/h8-14,23,29-32H,4-7,17H2,1H3,(H3,18,19,20,22)/t8-,9?,10?,11?,12+,13?,14?/m0/s1. The maximum absolute atomic E-state index is 12.6. The van der Waals surface area contributed by atoms with Gasteiger partial charge in [-0.2, -0.15) is 0 Å². The molecule has 0 saturated carbocycles. The number of nitrogens with zero attached hydrogens (tertiary/aromatic N) is 2. The van der Waals surface area contributed by atoms with E-state index in [1.54, 1.807) is 0 Å². The number of hydrogen-bond donors (Lipinski definition) is 5. The van der Waals surface area contributed by atoms with Crippen molar-refractivity contribution in [3.05, 3.63) is 0 Å². The van der Waals surface area contributed by atoms with E-state index in [1.807, 2.05) is 11.8 Å². The lowest BCUT2D eigenvalue weighted by Crippen LogP contribution is -2.52.